The third-order valence-electron chi connectivity index (χ3n) is 4.16. The average Bonchev–Trinajstić information content (AvgIpc) is 3.23. The molecule has 1 aliphatic rings. The summed E-state index contributed by atoms with van der Waals surface area (Å²) in [4.78, 5) is 15.9. The molecule has 2 aromatic rings. The zero-order valence-corrected chi connectivity index (χ0v) is 13.7. The van der Waals surface area contributed by atoms with Gasteiger partial charge >= 0.3 is 0 Å². The van der Waals surface area contributed by atoms with Crippen molar-refractivity contribution in [2.24, 2.45) is 5.92 Å². The van der Waals surface area contributed by atoms with Crippen LogP contribution in [0.5, 0.6) is 0 Å². The van der Waals surface area contributed by atoms with Crippen molar-refractivity contribution in [3.8, 4) is 10.8 Å². The van der Waals surface area contributed by atoms with Gasteiger partial charge in [0.25, 0.3) is 0 Å². The SMILES string of the molecule is CC(C)[C@H](C)N(Cc1csc(-c2ncccn2)n1)C1CC1. The number of nitrogens with zero attached hydrogens (tertiary/aromatic N) is 4. The number of rotatable bonds is 6. The van der Waals surface area contributed by atoms with Crippen LogP contribution in [0.3, 0.4) is 0 Å². The summed E-state index contributed by atoms with van der Waals surface area (Å²) in [6, 6.07) is 3.17. The van der Waals surface area contributed by atoms with Gasteiger partial charge in [0.15, 0.2) is 10.8 Å². The van der Waals surface area contributed by atoms with Crippen LogP contribution in [0.25, 0.3) is 10.8 Å². The Hall–Kier alpha value is -1.33. The minimum absolute atomic E-state index is 0.593. The molecule has 0 spiro atoms. The summed E-state index contributed by atoms with van der Waals surface area (Å²) < 4.78 is 0. The van der Waals surface area contributed by atoms with Crippen molar-refractivity contribution < 1.29 is 0 Å². The summed E-state index contributed by atoms with van der Waals surface area (Å²) in [5.74, 6) is 1.39. The predicted octanol–water partition coefficient (Wildman–Crippen LogP) is 3.61. The van der Waals surface area contributed by atoms with Crippen molar-refractivity contribution >= 4 is 11.3 Å². The predicted molar refractivity (Wildman–Crippen MR) is 86.0 cm³/mol. The fraction of sp³-hybridized carbons (Fsp3) is 0.562. The van der Waals surface area contributed by atoms with Gasteiger partial charge in [0, 0.05) is 36.4 Å². The molecular formula is C16H22N4S. The van der Waals surface area contributed by atoms with Gasteiger partial charge in [0.2, 0.25) is 0 Å². The van der Waals surface area contributed by atoms with E-state index >= 15 is 0 Å². The van der Waals surface area contributed by atoms with Gasteiger partial charge in [0.05, 0.1) is 5.69 Å². The van der Waals surface area contributed by atoms with E-state index in [1.165, 1.54) is 12.8 Å². The molecule has 0 N–H and O–H groups in total. The van der Waals surface area contributed by atoms with Crippen molar-refractivity contribution in [1.29, 1.82) is 0 Å². The first kappa shape index (κ1) is 14.6. The van der Waals surface area contributed by atoms with Crippen LogP contribution in [0.2, 0.25) is 0 Å². The molecule has 5 heteroatoms. The Kier molecular flexibility index (Phi) is 4.31. The fourth-order valence-corrected chi connectivity index (χ4v) is 3.23. The smallest absolute Gasteiger partial charge is 0.188 e. The van der Waals surface area contributed by atoms with E-state index in [2.05, 4.69) is 41.0 Å². The monoisotopic (exact) mass is 302 g/mol. The third kappa shape index (κ3) is 3.47. The Bertz CT molecular complexity index is 577. The molecule has 1 aliphatic carbocycles. The van der Waals surface area contributed by atoms with Gasteiger partial charge in [-0.25, -0.2) is 15.0 Å². The van der Waals surface area contributed by atoms with Gasteiger partial charge in [0.1, 0.15) is 0 Å². The zero-order chi connectivity index (χ0) is 14.8. The molecule has 0 aliphatic heterocycles. The van der Waals surface area contributed by atoms with Crippen LogP contribution in [0.1, 0.15) is 39.3 Å². The first-order chi connectivity index (χ1) is 10.1. The van der Waals surface area contributed by atoms with E-state index in [0.29, 0.717) is 12.0 Å². The highest BCUT2D eigenvalue weighted by Gasteiger charge is 2.33. The van der Waals surface area contributed by atoms with Crippen molar-refractivity contribution in [2.75, 3.05) is 0 Å². The lowest BCUT2D eigenvalue weighted by molar-refractivity contribution is 0.149. The van der Waals surface area contributed by atoms with E-state index in [1.807, 2.05) is 6.07 Å². The van der Waals surface area contributed by atoms with Gasteiger partial charge in [-0.1, -0.05) is 13.8 Å². The Morgan fingerprint density at radius 1 is 1.24 bits per heavy atom. The van der Waals surface area contributed by atoms with Crippen LogP contribution in [-0.4, -0.2) is 31.9 Å². The van der Waals surface area contributed by atoms with Crippen LogP contribution in [0.4, 0.5) is 0 Å². The van der Waals surface area contributed by atoms with Gasteiger partial charge in [-0.2, -0.15) is 0 Å². The van der Waals surface area contributed by atoms with Crippen molar-refractivity contribution in [2.45, 2.75) is 52.2 Å². The van der Waals surface area contributed by atoms with E-state index in [9.17, 15) is 0 Å². The molecule has 112 valence electrons. The molecule has 0 amide bonds. The maximum Gasteiger partial charge on any atom is 0.188 e. The molecule has 2 heterocycles. The maximum atomic E-state index is 4.72. The third-order valence-corrected chi connectivity index (χ3v) is 5.04. The van der Waals surface area contributed by atoms with Crippen molar-refractivity contribution in [1.82, 2.24) is 19.9 Å². The Morgan fingerprint density at radius 2 is 1.95 bits per heavy atom. The van der Waals surface area contributed by atoms with Crippen LogP contribution < -0.4 is 0 Å². The van der Waals surface area contributed by atoms with Crippen LogP contribution in [-0.2, 0) is 6.54 Å². The molecule has 1 atom stereocenters. The van der Waals surface area contributed by atoms with E-state index in [-0.39, 0.29) is 0 Å². The molecule has 3 rings (SSSR count). The molecule has 4 nitrogen and oxygen atoms in total. The lowest BCUT2D eigenvalue weighted by Crippen LogP contribution is -2.38. The second-order valence-electron chi connectivity index (χ2n) is 6.10. The first-order valence-electron chi connectivity index (χ1n) is 7.62. The summed E-state index contributed by atoms with van der Waals surface area (Å²) in [6.07, 6.45) is 6.19. The topological polar surface area (TPSA) is 41.9 Å². The number of hydrogen-bond acceptors (Lipinski definition) is 5. The van der Waals surface area contributed by atoms with E-state index in [0.717, 1.165) is 29.1 Å². The lowest BCUT2D eigenvalue weighted by atomic mass is 10.0. The summed E-state index contributed by atoms with van der Waals surface area (Å²) in [7, 11) is 0. The summed E-state index contributed by atoms with van der Waals surface area (Å²) >= 11 is 1.63. The summed E-state index contributed by atoms with van der Waals surface area (Å²) in [5, 5.41) is 3.06. The van der Waals surface area contributed by atoms with E-state index in [4.69, 9.17) is 4.98 Å². The molecule has 0 unspecified atom stereocenters. The Balaban J connectivity index is 1.74. The first-order valence-corrected chi connectivity index (χ1v) is 8.50. The molecule has 1 fully saturated rings. The number of hydrogen-bond donors (Lipinski definition) is 0. The fourth-order valence-electron chi connectivity index (χ4n) is 2.47. The molecule has 0 saturated heterocycles. The van der Waals surface area contributed by atoms with Crippen molar-refractivity contribution in [3.63, 3.8) is 0 Å². The normalized spacial score (nSPS) is 16.6. The average molecular weight is 302 g/mol. The Morgan fingerprint density at radius 3 is 2.57 bits per heavy atom. The van der Waals surface area contributed by atoms with E-state index < -0.39 is 0 Å². The molecule has 2 aromatic heterocycles. The highest BCUT2D eigenvalue weighted by atomic mass is 32.1. The second-order valence-corrected chi connectivity index (χ2v) is 6.96. The van der Waals surface area contributed by atoms with E-state index in [1.54, 1.807) is 23.7 Å². The summed E-state index contributed by atoms with van der Waals surface area (Å²) in [5.41, 5.74) is 1.14. The molecular weight excluding hydrogens is 280 g/mol. The standard InChI is InChI=1S/C16H22N4S/c1-11(2)12(3)20(14-5-6-14)9-13-10-21-16(19-13)15-17-7-4-8-18-15/h4,7-8,10-12,14H,5-6,9H2,1-3H3/t12-/m0/s1. The quantitative estimate of drug-likeness (QED) is 0.817. The summed E-state index contributed by atoms with van der Waals surface area (Å²) in [6.45, 7) is 7.86. The van der Waals surface area contributed by atoms with Gasteiger partial charge in [-0.3, -0.25) is 4.90 Å². The van der Waals surface area contributed by atoms with Gasteiger partial charge < -0.3 is 0 Å². The Labute approximate surface area is 130 Å². The van der Waals surface area contributed by atoms with Crippen LogP contribution in [0, 0.1) is 5.92 Å². The minimum Gasteiger partial charge on any atom is -0.292 e. The van der Waals surface area contributed by atoms with Crippen LogP contribution in [0.15, 0.2) is 23.8 Å². The number of thiazole rings is 1. The minimum atomic E-state index is 0.593. The maximum absolute atomic E-state index is 4.72. The number of aromatic nitrogens is 3. The van der Waals surface area contributed by atoms with Gasteiger partial charge in [-0.15, -0.1) is 11.3 Å². The molecule has 0 aromatic carbocycles. The molecule has 0 bridgehead atoms. The molecule has 1 saturated carbocycles. The van der Waals surface area contributed by atoms with Crippen LogP contribution >= 0.6 is 11.3 Å². The molecule has 21 heavy (non-hydrogen) atoms. The molecule has 0 radical (unpaired) electrons. The lowest BCUT2D eigenvalue weighted by Gasteiger charge is -2.31. The highest BCUT2D eigenvalue weighted by molar-refractivity contribution is 7.13. The van der Waals surface area contributed by atoms with Gasteiger partial charge in [-0.05, 0) is 31.7 Å². The zero-order valence-electron chi connectivity index (χ0n) is 12.9. The van der Waals surface area contributed by atoms with Crippen molar-refractivity contribution in [3.05, 3.63) is 29.5 Å². The second kappa shape index (κ2) is 6.20. The highest BCUT2D eigenvalue weighted by Crippen LogP contribution is 2.32. The largest absolute Gasteiger partial charge is 0.292 e.